The van der Waals surface area contributed by atoms with Crippen molar-refractivity contribution < 1.29 is 0 Å². The summed E-state index contributed by atoms with van der Waals surface area (Å²) < 4.78 is 0. The van der Waals surface area contributed by atoms with Gasteiger partial charge in [-0.3, -0.25) is 0 Å². The molecular weight excluding hydrogens is 96.1 g/mol. The first-order valence-corrected chi connectivity index (χ1v) is 2.73. The van der Waals surface area contributed by atoms with Gasteiger partial charge in [-0.1, -0.05) is 6.08 Å². The Morgan fingerprint density at radius 1 is 1.38 bits per heavy atom. The molecule has 0 spiro atoms. The number of fused-ring (bicyclic) bond motifs is 1. The van der Waals surface area contributed by atoms with Gasteiger partial charge in [0.25, 0.3) is 0 Å². The van der Waals surface area contributed by atoms with Crippen molar-refractivity contribution in [3.05, 3.63) is 40.7 Å². The molecule has 2 aliphatic rings. The minimum Gasteiger partial charge on any atom is -0.112 e. The Labute approximate surface area is 48.5 Å². The lowest BCUT2D eigenvalue weighted by Crippen LogP contribution is -1.69. The second-order valence-corrected chi connectivity index (χ2v) is 2.19. The SMILES string of the molecule is CC1=CC2=CC2=C=C1. The van der Waals surface area contributed by atoms with E-state index >= 15 is 0 Å². The van der Waals surface area contributed by atoms with Gasteiger partial charge in [0.05, 0.1) is 0 Å². The van der Waals surface area contributed by atoms with Crippen LogP contribution in [0.3, 0.4) is 0 Å². The van der Waals surface area contributed by atoms with Crippen LogP contribution in [-0.4, -0.2) is 0 Å². The molecule has 0 saturated heterocycles. The van der Waals surface area contributed by atoms with Gasteiger partial charge in [-0.05, 0) is 30.2 Å². The third-order valence-electron chi connectivity index (χ3n) is 1.37. The minimum atomic E-state index is 1.29. The number of allylic oxidation sites excluding steroid dienone is 5. The Bertz CT molecular complexity index is 256. The van der Waals surface area contributed by atoms with Crippen LogP contribution < -0.4 is 0 Å². The van der Waals surface area contributed by atoms with Crippen molar-refractivity contribution in [2.24, 2.45) is 0 Å². The van der Waals surface area contributed by atoms with Gasteiger partial charge in [-0.25, -0.2) is 0 Å². The van der Waals surface area contributed by atoms with E-state index in [1.54, 1.807) is 0 Å². The first kappa shape index (κ1) is 3.94. The van der Waals surface area contributed by atoms with E-state index in [-0.39, 0.29) is 0 Å². The predicted molar refractivity (Wildman–Crippen MR) is 33.4 cm³/mol. The number of rotatable bonds is 0. The van der Waals surface area contributed by atoms with E-state index in [1.807, 2.05) is 6.08 Å². The van der Waals surface area contributed by atoms with E-state index in [1.165, 1.54) is 16.7 Å². The number of hydrogen-bond donors (Lipinski definition) is 0. The summed E-state index contributed by atoms with van der Waals surface area (Å²) in [6, 6.07) is 0. The molecule has 0 unspecified atom stereocenters. The van der Waals surface area contributed by atoms with E-state index in [2.05, 4.69) is 24.8 Å². The van der Waals surface area contributed by atoms with E-state index in [0.29, 0.717) is 0 Å². The maximum Gasteiger partial charge on any atom is 0.0244 e. The van der Waals surface area contributed by atoms with Gasteiger partial charge in [-0.15, -0.1) is 5.73 Å². The molecule has 0 radical (unpaired) electrons. The molecule has 0 N–H and O–H groups in total. The third-order valence-corrected chi connectivity index (χ3v) is 1.37. The normalized spacial score (nSPS) is 20.9. The lowest BCUT2D eigenvalue weighted by atomic mass is 10.2. The fourth-order valence-electron chi connectivity index (χ4n) is 0.842. The van der Waals surface area contributed by atoms with Crippen molar-refractivity contribution >= 4 is 0 Å². The summed E-state index contributed by atoms with van der Waals surface area (Å²) in [6.45, 7) is 2.09. The molecule has 0 atom stereocenters. The van der Waals surface area contributed by atoms with Gasteiger partial charge in [0.2, 0.25) is 0 Å². The van der Waals surface area contributed by atoms with Gasteiger partial charge in [0.15, 0.2) is 0 Å². The first-order valence-electron chi connectivity index (χ1n) is 2.73. The Balaban J connectivity index is 2.60. The zero-order chi connectivity index (χ0) is 5.56. The highest BCUT2D eigenvalue weighted by atomic mass is 14.2. The molecule has 38 valence electrons. The van der Waals surface area contributed by atoms with Gasteiger partial charge >= 0.3 is 0 Å². The molecule has 0 aromatic carbocycles. The average Bonchev–Trinajstić information content (AvgIpc) is 2.43. The molecule has 0 aliphatic heterocycles. The minimum absolute atomic E-state index is 1.29. The third kappa shape index (κ3) is 0.408. The Morgan fingerprint density at radius 3 is 2.88 bits per heavy atom. The second kappa shape index (κ2) is 1.04. The predicted octanol–water partition coefficient (Wildman–Crippen LogP) is 1.97. The van der Waals surface area contributed by atoms with Crippen LogP contribution in [0.4, 0.5) is 0 Å². The molecule has 0 saturated carbocycles. The second-order valence-electron chi connectivity index (χ2n) is 2.19. The van der Waals surface area contributed by atoms with E-state index in [4.69, 9.17) is 0 Å². The van der Waals surface area contributed by atoms with E-state index < -0.39 is 0 Å². The maximum absolute atomic E-state index is 3.14. The molecule has 0 bridgehead atoms. The van der Waals surface area contributed by atoms with Crippen molar-refractivity contribution in [2.75, 3.05) is 0 Å². The summed E-state index contributed by atoms with van der Waals surface area (Å²) >= 11 is 0. The molecule has 2 aliphatic carbocycles. The fourth-order valence-corrected chi connectivity index (χ4v) is 0.842. The van der Waals surface area contributed by atoms with Gasteiger partial charge < -0.3 is 0 Å². The molecule has 0 nitrogen and oxygen atoms in total. The van der Waals surface area contributed by atoms with Crippen molar-refractivity contribution in [3.8, 4) is 0 Å². The zero-order valence-electron chi connectivity index (χ0n) is 4.73. The highest BCUT2D eigenvalue weighted by molar-refractivity contribution is 5.66. The van der Waals surface area contributed by atoms with Gasteiger partial charge in [0, 0.05) is 5.57 Å². The molecule has 0 aromatic rings. The molecule has 0 aromatic heterocycles. The zero-order valence-corrected chi connectivity index (χ0v) is 4.73. The topological polar surface area (TPSA) is 0 Å². The molecule has 0 amide bonds. The van der Waals surface area contributed by atoms with Crippen LogP contribution in [0.25, 0.3) is 0 Å². The molecule has 0 fully saturated rings. The van der Waals surface area contributed by atoms with Crippen LogP contribution in [0.2, 0.25) is 0 Å². The van der Waals surface area contributed by atoms with Crippen LogP contribution in [0, 0.1) is 0 Å². The summed E-state index contributed by atoms with van der Waals surface area (Å²) in [5.74, 6) is 0. The Kier molecular flexibility index (Phi) is 0.513. The summed E-state index contributed by atoms with van der Waals surface area (Å²) in [6.07, 6.45) is 6.32. The van der Waals surface area contributed by atoms with E-state index in [9.17, 15) is 0 Å². The van der Waals surface area contributed by atoms with Crippen molar-refractivity contribution in [2.45, 2.75) is 6.92 Å². The maximum atomic E-state index is 3.14. The van der Waals surface area contributed by atoms with Gasteiger partial charge in [-0.2, -0.15) is 0 Å². The lowest BCUT2D eigenvalue weighted by molar-refractivity contribution is 1.50. The van der Waals surface area contributed by atoms with Crippen LogP contribution in [0.15, 0.2) is 40.7 Å². The van der Waals surface area contributed by atoms with Gasteiger partial charge in [0.1, 0.15) is 0 Å². The number of hydrogen-bond acceptors (Lipinski definition) is 0. The Hall–Kier alpha value is -1.00. The fraction of sp³-hybridized carbons (Fsp3) is 0.125. The quantitative estimate of drug-likeness (QED) is 0.410. The van der Waals surface area contributed by atoms with Crippen LogP contribution in [0.1, 0.15) is 6.92 Å². The molecule has 0 heteroatoms. The van der Waals surface area contributed by atoms with Crippen LogP contribution in [-0.2, 0) is 0 Å². The molecule has 0 heterocycles. The highest BCUT2D eigenvalue weighted by Crippen LogP contribution is 2.31. The Morgan fingerprint density at radius 2 is 2.25 bits per heavy atom. The summed E-state index contributed by atoms with van der Waals surface area (Å²) in [5.41, 5.74) is 7.09. The monoisotopic (exact) mass is 102 g/mol. The molecule has 2 rings (SSSR count). The lowest BCUT2D eigenvalue weighted by Gasteiger charge is -1.88. The molecular formula is C8H6. The van der Waals surface area contributed by atoms with Crippen molar-refractivity contribution in [1.29, 1.82) is 0 Å². The highest BCUT2D eigenvalue weighted by Gasteiger charge is 2.14. The largest absolute Gasteiger partial charge is 0.112 e. The average molecular weight is 102 g/mol. The van der Waals surface area contributed by atoms with Crippen molar-refractivity contribution in [1.82, 2.24) is 0 Å². The van der Waals surface area contributed by atoms with Crippen LogP contribution >= 0.6 is 0 Å². The smallest absolute Gasteiger partial charge is 0.0244 e. The van der Waals surface area contributed by atoms with E-state index in [0.717, 1.165) is 0 Å². The van der Waals surface area contributed by atoms with Crippen LogP contribution in [0.5, 0.6) is 0 Å². The molecule has 8 heavy (non-hydrogen) atoms. The standard InChI is InChI=1S/C8H6/c1-6-2-3-7-5-8(7)4-6/h2,4-5H,1H3. The van der Waals surface area contributed by atoms with Crippen molar-refractivity contribution in [3.63, 3.8) is 0 Å². The summed E-state index contributed by atoms with van der Waals surface area (Å²) in [5, 5.41) is 0. The first-order chi connectivity index (χ1) is 3.86. The summed E-state index contributed by atoms with van der Waals surface area (Å²) in [4.78, 5) is 0. The summed E-state index contributed by atoms with van der Waals surface area (Å²) in [7, 11) is 0.